The number of alkyl halides is 3. The van der Waals surface area contributed by atoms with Crippen LogP contribution in [-0.2, 0) is 11.0 Å². The number of carboxylic acids is 1. The number of aliphatic carboxylic acids is 1. The van der Waals surface area contributed by atoms with Crippen LogP contribution in [0.5, 0.6) is 0 Å². The quantitative estimate of drug-likeness (QED) is 0.872. The highest BCUT2D eigenvalue weighted by molar-refractivity contribution is 7.99. The van der Waals surface area contributed by atoms with E-state index in [1.807, 2.05) is 0 Å². The Morgan fingerprint density at radius 3 is 2.72 bits per heavy atom. The molecule has 1 aliphatic rings. The predicted octanol–water partition coefficient (Wildman–Crippen LogP) is 2.49. The molecule has 0 amide bonds. The molecule has 1 fully saturated rings. The highest BCUT2D eigenvalue weighted by atomic mass is 32.2. The first kappa shape index (κ1) is 13.2. The maximum absolute atomic E-state index is 12.5. The average Bonchev–Trinajstić information content (AvgIpc) is 2.77. The normalized spacial score (nSPS) is 24.2. The van der Waals surface area contributed by atoms with Crippen molar-refractivity contribution in [3.63, 3.8) is 0 Å². The Bertz CT molecular complexity index is 464. The second-order valence-electron chi connectivity index (χ2n) is 3.89. The Kier molecular flexibility index (Phi) is 3.54. The summed E-state index contributed by atoms with van der Waals surface area (Å²) in [5.41, 5.74) is -0.278. The van der Waals surface area contributed by atoms with Gasteiger partial charge in [0.2, 0.25) is 0 Å². The van der Waals surface area contributed by atoms with Crippen LogP contribution in [0, 0.1) is 0 Å². The van der Waals surface area contributed by atoms with Crippen molar-refractivity contribution in [2.24, 2.45) is 0 Å². The molecule has 0 aliphatic carbocycles. The van der Waals surface area contributed by atoms with Crippen molar-refractivity contribution in [3.05, 3.63) is 35.4 Å². The van der Waals surface area contributed by atoms with Crippen molar-refractivity contribution in [3.8, 4) is 0 Å². The van der Waals surface area contributed by atoms with Gasteiger partial charge in [-0.05, 0) is 17.7 Å². The Morgan fingerprint density at radius 1 is 1.44 bits per heavy atom. The number of hydrogen-bond donors (Lipinski definition) is 2. The van der Waals surface area contributed by atoms with E-state index in [2.05, 4.69) is 5.32 Å². The maximum Gasteiger partial charge on any atom is 0.416 e. The fourth-order valence-electron chi connectivity index (χ4n) is 1.68. The Hall–Kier alpha value is -1.21. The number of hydrogen-bond acceptors (Lipinski definition) is 3. The van der Waals surface area contributed by atoms with E-state index in [4.69, 9.17) is 5.11 Å². The summed E-state index contributed by atoms with van der Waals surface area (Å²) < 4.78 is 37.6. The van der Waals surface area contributed by atoms with Crippen molar-refractivity contribution in [2.75, 3.05) is 5.75 Å². The molecule has 1 heterocycles. The fourth-order valence-corrected chi connectivity index (χ4v) is 2.91. The van der Waals surface area contributed by atoms with Gasteiger partial charge in [-0.15, -0.1) is 11.8 Å². The Labute approximate surface area is 105 Å². The molecule has 1 aliphatic heterocycles. The van der Waals surface area contributed by atoms with E-state index in [1.165, 1.54) is 17.8 Å². The molecule has 2 rings (SSSR count). The Balaban J connectivity index is 2.18. The molecule has 98 valence electrons. The van der Waals surface area contributed by atoms with Crippen LogP contribution in [0.25, 0.3) is 0 Å². The first-order valence-electron chi connectivity index (χ1n) is 5.15. The molecule has 18 heavy (non-hydrogen) atoms. The van der Waals surface area contributed by atoms with Crippen molar-refractivity contribution < 1.29 is 23.1 Å². The van der Waals surface area contributed by atoms with Crippen LogP contribution >= 0.6 is 11.8 Å². The van der Waals surface area contributed by atoms with E-state index in [9.17, 15) is 18.0 Å². The lowest BCUT2D eigenvalue weighted by molar-refractivity contribution is -0.139. The molecule has 1 saturated heterocycles. The molecule has 0 radical (unpaired) electrons. The van der Waals surface area contributed by atoms with Gasteiger partial charge in [-0.2, -0.15) is 13.2 Å². The smallest absolute Gasteiger partial charge is 0.416 e. The van der Waals surface area contributed by atoms with Gasteiger partial charge < -0.3 is 5.11 Å². The first-order chi connectivity index (χ1) is 8.38. The number of nitrogens with one attached hydrogen (secondary N) is 1. The predicted molar refractivity (Wildman–Crippen MR) is 61.2 cm³/mol. The van der Waals surface area contributed by atoms with Gasteiger partial charge in [0.05, 0.1) is 10.9 Å². The van der Waals surface area contributed by atoms with Gasteiger partial charge in [-0.25, -0.2) is 0 Å². The summed E-state index contributed by atoms with van der Waals surface area (Å²) in [4.78, 5) is 10.7. The second kappa shape index (κ2) is 4.81. The van der Waals surface area contributed by atoms with E-state index in [0.29, 0.717) is 11.3 Å². The third-order valence-electron chi connectivity index (χ3n) is 2.60. The van der Waals surface area contributed by atoms with Gasteiger partial charge >= 0.3 is 12.1 Å². The van der Waals surface area contributed by atoms with E-state index in [0.717, 1.165) is 12.1 Å². The highest BCUT2D eigenvalue weighted by Crippen LogP contribution is 2.36. The summed E-state index contributed by atoms with van der Waals surface area (Å²) >= 11 is 1.29. The van der Waals surface area contributed by atoms with Crippen molar-refractivity contribution in [1.29, 1.82) is 0 Å². The number of carbonyl (C=O) groups is 1. The van der Waals surface area contributed by atoms with E-state index in [-0.39, 0.29) is 0 Å². The fraction of sp³-hybridized carbons (Fsp3) is 0.364. The van der Waals surface area contributed by atoms with Gasteiger partial charge in [-0.3, -0.25) is 10.1 Å². The van der Waals surface area contributed by atoms with Crippen molar-refractivity contribution >= 4 is 17.7 Å². The molecular weight excluding hydrogens is 267 g/mol. The number of carboxylic acid groups (broad SMARTS) is 1. The van der Waals surface area contributed by atoms with Crippen molar-refractivity contribution in [1.82, 2.24) is 5.32 Å². The molecule has 1 aromatic carbocycles. The lowest BCUT2D eigenvalue weighted by Gasteiger charge is -2.13. The molecule has 0 aromatic heterocycles. The molecule has 1 unspecified atom stereocenters. The molecule has 7 heteroatoms. The van der Waals surface area contributed by atoms with Crippen LogP contribution in [0.3, 0.4) is 0 Å². The van der Waals surface area contributed by atoms with E-state index < -0.39 is 29.1 Å². The van der Waals surface area contributed by atoms with Crippen LogP contribution in [0.4, 0.5) is 13.2 Å². The number of thioether (sulfide) groups is 1. The summed E-state index contributed by atoms with van der Waals surface area (Å²) in [6.45, 7) is 0. The molecule has 3 nitrogen and oxygen atoms in total. The highest BCUT2D eigenvalue weighted by Gasteiger charge is 2.33. The van der Waals surface area contributed by atoms with E-state index in [1.54, 1.807) is 6.07 Å². The average molecular weight is 277 g/mol. The molecule has 2 N–H and O–H groups in total. The third kappa shape index (κ3) is 2.78. The minimum atomic E-state index is -4.38. The van der Waals surface area contributed by atoms with Gasteiger partial charge in [0.25, 0.3) is 0 Å². The number of halogens is 3. The molecular formula is C11H10F3NO2S. The zero-order valence-corrected chi connectivity index (χ0v) is 9.89. The lowest BCUT2D eigenvalue weighted by atomic mass is 10.1. The summed E-state index contributed by atoms with van der Waals surface area (Å²) in [5, 5.41) is 11.2. The summed E-state index contributed by atoms with van der Waals surface area (Å²) in [6.07, 6.45) is -4.38. The molecule has 0 spiro atoms. The second-order valence-corrected chi connectivity index (χ2v) is 5.03. The molecule has 0 saturated carbocycles. The minimum Gasteiger partial charge on any atom is -0.480 e. The molecule has 0 bridgehead atoms. The number of rotatable bonds is 2. The number of benzene rings is 1. The van der Waals surface area contributed by atoms with Gasteiger partial charge in [-0.1, -0.05) is 12.1 Å². The minimum absolute atomic E-state index is 0.343. The molecule has 1 aromatic rings. The standard InChI is InChI=1S/C11H10F3NO2S/c12-11(13,14)7-3-1-2-6(4-7)9-15-8(5-18-9)10(16)17/h1-4,8-9,15H,5H2,(H,16,17)/t8-,9?/m0/s1. The zero-order chi connectivity index (χ0) is 13.3. The zero-order valence-electron chi connectivity index (χ0n) is 9.07. The van der Waals surface area contributed by atoms with E-state index >= 15 is 0 Å². The summed E-state index contributed by atoms with van der Waals surface area (Å²) in [6, 6.07) is 4.22. The Morgan fingerprint density at radius 2 is 2.17 bits per heavy atom. The van der Waals surface area contributed by atoms with Crippen LogP contribution in [0.2, 0.25) is 0 Å². The van der Waals surface area contributed by atoms with Crippen LogP contribution < -0.4 is 5.32 Å². The summed E-state index contributed by atoms with van der Waals surface area (Å²) in [5.74, 6) is -0.645. The van der Waals surface area contributed by atoms with Crippen molar-refractivity contribution in [2.45, 2.75) is 17.6 Å². The van der Waals surface area contributed by atoms with Crippen LogP contribution in [0.15, 0.2) is 24.3 Å². The van der Waals surface area contributed by atoms with Gasteiger partial charge in [0, 0.05) is 5.75 Å². The van der Waals surface area contributed by atoms with Crippen LogP contribution in [0.1, 0.15) is 16.5 Å². The maximum atomic E-state index is 12.5. The van der Waals surface area contributed by atoms with Gasteiger partial charge in [0.15, 0.2) is 0 Å². The first-order valence-corrected chi connectivity index (χ1v) is 6.20. The summed E-state index contributed by atoms with van der Waals surface area (Å²) in [7, 11) is 0. The third-order valence-corrected chi connectivity index (χ3v) is 3.86. The monoisotopic (exact) mass is 277 g/mol. The van der Waals surface area contributed by atoms with Crippen LogP contribution in [-0.4, -0.2) is 22.9 Å². The van der Waals surface area contributed by atoms with Gasteiger partial charge in [0.1, 0.15) is 6.04 Å². The largest absolute Gasteiger partial charge is 0.480 e. The topological polar surface area (TPSA) is 49.3 Å². The lowest BCUT2D eigenvalue weighted by Crippen LogP contribution is -2.33. The SMILES string of the molecule is O=C(O)[C@@H]1CSC(c2cccc(C(F)(F)F)c2)N1. The molecule has 2 atom stereocenters.